The smallest absolute Gasteiger partial charge is 0.223 e. The molecule has 1 aliphatic heterocycles. The number of fused-ring (bicyclic) bond motifs is 2. The largest absolute Gasteiger partial charge is 0.351 e. The molecule has 4 aromatic rings. The first-order valence-electron chi connectivity index (χ1n) is 11.2. The van der Waals surface area contributed by atoms with Gasteiger partial charge in [0.1, 0.15) is 0 Å². The van der Waals surface area contributed by atoms with Gasteiger partial charge in [0.2, 0.25) is 5.91 Å². The first-order chi connectivity index (χ1) is 15.8. The lowest BCUT2D eigenvalue weighted by atomic mass is 9.84. The molecule has 2 aliphatic rings. The monoisotopic (exact) mass is 443 g/mol. The highest BCUT2D eigenvalue weighted by molar-refractivity contribution is 7.16. The predicted octanol–water partition coefficient (Wildman–Crippen LogP) is 3.66. The van der Waals surface area contributed by atoms with Crippen molar-refractivity contribution in [1.29, 1.82) is 0 Å². The number of aryl methyl sites for hydroxylation is 1. The maximum Gasteiger partial charge on any atom is 0.223 e. The lowest BCUT2D eigenvalue weighted by molar-refractivity contribution is -0.126. The molecule has 1 aliphatic carbocycles. The van der Waals surface area contributed by atoms with Crippen LogP contribution in [0.5, 0.6) is 0 Å². The zero-order chi connectivity index (χ0) is 21.5. The van der Waals surface area contributed by atoms with Crippen LogP contribution in [-0.2, 0) is 17.6 Å². The Morgan fingerprint density at radius 2 is 2.03 bits per heavy atom. The van der Waals surface area contributed by atoms with Gasteiger partial charge >= 0.3 is 0 Å². The molecule has 1 fully saturated rings. The predicted molar refractivity (Wildman–Crippen MR) is 127 cm³/mol. The summed E-state index contributed by atoms with van der Waals surface area (Å²) in [5, 5.41) is 14.7. The van der Waals surface area contributed by atoms with Crippen LogP contribution >= 0.6 is 11.3 Å². The highest BCUT2D eigenvalue weighted by Crippen LogP contribution is 2.34. The number of H-pyrrole nitrogens is 1. The molecule has 6 nitrogen and oxygen atoms in total. The van der Waals surface area contributed by atoms with Gasteiger partial charge in [0.25, 0.3) is 0 Å². The van der Waals surface area contributed by atoms with Crippen LogP contribution in [0, 0.1) is 5.92 Å². The number of rotatable bonds is 4. The van der Waals surface area contributed by atoms with Crippen LogP contribution in [0.3, 0.4) is 0 Å². The van der Waals surface area contributed by atoms with E-state index in [2.05, 4.69) is 62.2 Å². The fourth-order valence-corrected chi connectivity index (χ4v) is 5.86. The molecule has 32 heavy (non-hydrogen) atoms. The van der Waals surface area contributed by atoms with Crippen molar-refractivity contribution in [3.05, 3.63) is 70.9 Å². The van der Waals surface area contributed by atoms with Crippen LogP contribution in [0.2, 0.25) is 0 Å². The molecule has 0 spiro atoms. The fourth-order valence-electron chi connectivity index (χ4n) is 5.14. The molecule has 2 aromatic carbocycles. The number of nitrogens with one attached hydrogen (secondary N) is 3. The molecule has 3 N–H and O–H groups in total. The lowest BCUT2D eigenvalue weighted by Gasteiger charge is -2.26. The molecule has 3 heterocycles. The zero-order valence-corrected chi connectivity index (χ0v) is 18.5. The van der Waals surface area contributed by atoms with Crippen molar-refractivity contribution in [2.75, 3.05) is 13.1 Å². The molecule has 0 saturated carbocycles. The molecular formula is C25H25N5OS. The van der Waals surface area contributed by atoms with Crippen LogP contribution < -0.4 is 10.6 Å². The Labute approximate surface area is 190 Å². The molecule has 162 valence electrons. The Morgan fingerprint density at radius 1 is 1.12 bits per heavy atom. The number of aromatic nitrogens is 3. The SMILES string of the molecule is O=C(NC1CNCC1c1ccccc1)C1CCc2[nH]nc(-c3ccc4ncsc4c3)c2C1. The van der Waals surface area contributed by atoms with Crippen molar-refractivity contribution in [3.63, 3.8) is 0 Å². The number of aromatic amines is 1. The molecule has 0 radical (unpaired) electrons. The third-order valence-electron chi connectivity index (χ3n) is 6.89. The van der Waals surface area contributed by atoms with Gasteiger partial charge in [-0.25, -0.2) is 4.98 Å². The molecule has 1 saturated heterocycles. The number of benzene rings is 2. The molecule has 3 atom stereocenters. The van der Waals surface area contributed by atoms with Crippen LogP contribution in [0.25, 0.3) is 21.5 Å². The molecule has 0 bridgehead atoms. The number of thiazole rings is 1. The maximum absolute atomic E-state index is 13.3. The van der Waals surface area contributed by atoms with E-state index in [9.17, 15) is 4.79 Å². The summed E-state index contributed by atoms with van der Waals surface area (Å²) in [5.41, 5.74) is 8.57. The Bertz CT molecular complexity index is 1260. The maximum atomic E-state index is 13.3. The number of carbonyl (C=O) groups excluding carboxylic acids is 1. The van der Waals surface area contributed by atoms with Crippen molar-refractivity contribution < 1.29 is 4.79 Å². The van der Waals surface area contributed by atoms with Crippen molar-refractivity contribution in [1.82, 2.24) is 25.8 Å². The van der Waals surface area contributed by atoms with Crippen molar-refractivity contribution in [3.8, 4) is 11.3 Å². The van der Waals surface area contributed by atoms with E-state index in [0.29, 0.717) is 5.92 Å². The van der Waals surface area contributed by atoms with Gasteiger partial charge in [0, 0.05) is 47.8 Å². The van der Waals surface area contributed by atoms with E-state index < -0.39 is 0 Å². The van der Waals surface area contributed by atoms with E-state index >= 15 is 0 Å². The second kappa shape index (κ2) is 8.15. The van der Waals surface area contributed by atoms with E-state index in [1.54, 1.807) is 11.3 Å². The molecular weight excluding hydrogens is 418 g/mol. The minimum Gasteiger partial charge on any atom is -0.351 e. The summed E-state index contributed by atoms with van der Waals surface area (Å²) in [4.78, 5) is 17.6. The molecule has 2 aromatic heterocycles. The standard InChI is InChI=1S/C25H25N5OS/c31-25(28-22-13-26-12-19(22)15-4-2-1-3-5-15)17-7-8-20-18(10-17)24(30-29-20)16-6-9-21-23(11-16)32-14-27-21/h1-6,9,11,14,17,19,22,26H,7-8,10,12-13H2,(H,28,31)(H,29,30). The summed E-state index contributed by atoms with van der Waals surface area (Å²) in [6.45, 7) is 1.71. The third-order valence-corrected chi connectivity index (χ3v) is 7.68. The third kappa shape index (κ3) is 3.51. The Kier molecular flexibility index (Phi) is 5.00. The Morgan fingerprint density at radius 3 is 2.94 bits per heavy atom. The minimum atomic E-state index is -0.0250. The number of amides is 1. The molecule has 3 unspecified atom stereocenters. The normalized spacial score (nSPS) is 22.7. The molecule has 1 amide bonds. The average Bonchev–Trinajstić information content (AvgIpc) is 3.58. The summed E-state index contributed by atoms with van der Waals surface area (Å²) in [6.07, 6.45) is 2.43. The highest BCUT2D eigenvalue weighted by Gasteiger charge is 2.34. The van der Waals surface area contributed by atoms with Gasteiger partial charge in [0.15, 0.2) is 0 Å². The zero-order valence-electron chi connectivity index (χ0n) is 17.7. The van der Waals surface area contributed by atoms with Gasteiger partial charge in [-0.05, 0) is 37.0 Å². The van der Waals surface area contributed by atoms with E-state index in [4.69, 9.17) is 0 Å². The first kappa shape index (κ1) is 19.6. The van der Waals surface area contributed by atoms with E-state index in [0.717, 1.165) is 59.5 Å². The van der Waals surface area contributed by atoms with Gasteiger partial charge in [-0.1, -0.05) is 36.4 Å². The number of nitrogens with zero attached hydrogens (tertiary/aromatic N) is 2. The summed E-state index contributed by atoms with van der Waals surface area (Å²) < 4.78 is 1.16. The second-order valence-electron chi connectivity index (χ2n) is 8.79. The molecule has 6 rings (SSSR count). The minimum absolute atomic E-state index is 0.0250. The Balaban J connectivity index is 1.20. The van der Waals surface area contributed by atoms with Crippen LogP contribution in [0.15, 0.2) is 54.0 Å². The summed E-state index contributed by atoms with van der Waals surface area (Å²) in [5.74, 6) is 0.452. The van der Waals surface area contributed by atoms with Crippen LogP contribution in [0.4, 0.5) is 0 Å². The van der Waals surface area contributed by atoms with E-state index in [1.165, 1.54) is 11.1 Å². The van der Waals surface area contributed by atoms with Gasteiger partial charge in [0.05, 0.1) is 21.4 Å². The number of carbonyl (C=O) groups is 1. The average molecular weight is 444 g/mol. The molecule has 7 heteroatoms. The van der Waals surface area contributed by atoms with E-state index in [-0.39, 0.29) is 17.9 Å². The second-order valence-corrected chi connectivity index (χ2v) is 9.68. The fraction of sp³-hybridized carbons (Fsp3) is 0.320. The van der Waals surface area contributed by atoms with Crippen molar-refractivity contribution in [2.45, 2.75) is 31.2 Å². The van der Waals surface area contributed by atoms with Gasteiger partial charge < -0.3 is 10.6 Å². The number of hydrogen-bond donors (Lipinski definition) is 3. The van der Waals surface area contributed by atoms with Gasteiger partial charge in [-0.15, -0.1) is 11.3 Å². The Hall–Kier alpha value is -3.03. The lowest BCUT2D eigenvalue weighted by Crippen LogP contribution is -2.43. The summed E-state index contributed by atoms with van der Waals surface area (Å²) in [7, 11) is 0. The topological polar surface area (TPSA) is 82.7 Å². The highest BCUT2D eigenvalue weighted by atomic mass is 32.1. The number of hydrogen-bond acceptors (Lipinski definition) is 5. The van der Waals surface area contributed by atoms with Gasteiger partial charge in [-0.2, -0.15) is 5.10 Å². The van der Waals surface area contributed by atoms with Crippen molar-refractivity contribution in [2.24, 2.45) is 5.92 Å². The van der Waals surface area contributed by atoms with Crippen LogP contribution in [-0.4, -0.2) is 40.2 Å². The van der Waals surface area contributed by atoms with Crippen molar-refractivity contribution >= 4 is 27.5 Å². The van der Waals surface area contributed by atoms with E-state index in [1.807, 2.05) is 17.6 Å². The summed E-state index contributed by atoms with van der Waals surface area (Å²) >= 11 is 1.64. The van der Waals surface area contributed by atoms with Crippen LogP contribution in [0.1, 0.15) is 29.2 Å². The van der Waals surface area contributed by atoms with Gasteiger partial charge in [-0.3, -0.25) is 9.89 Å². The first-order valence-corrected chi connectivity index (χ1v) is 12.1. The quantitative estimate of drug-likeness (QED) is 0.450. The summed E-state index contributed by atoms with van der Waals surface area (Å²) in [6, 6.07) is 16.9.